The lowest BCUT2D eigenvalue weighted by Crippen LogP contribution is -2.47. The van der Waals surface area contributed by atoms with Crippen molar-refractivity contribution in [1.29, 1.82) is 0 Å². The number of rotatable bonds is 4. The Balaban J connectivity index is 1.63. The second-order valence-electron chi connectivity index (χ2n) is 9.54. The van der Waals surface area contributed by atoms with Gasteiger partial charge in [0.15, 0.2) is 5.82 Å². The molecule has 2 fully saturated rings. The van der Waals surface area contributed by atoms with Crippen LogP contribution in [0, 0.1) is 13.8 Å². The topological polar surface area (TPSA) is 82.9 Å². The van der Waals surface area contributed by atoms with E-state index in [2.05, 4.69) is 69.4 Å². The summed E-state index contributed by atoms with van der Waals surface area (Å²) in [4.78, 5) is 21.3. The minimum Gasteiger partial charge on any atom is -0.321 e. The number of fused-ring (bicyclic) bond motifs is 1. The van der Waals surface area contributed by atoms with Crippen molar-refractivity contribution in [2.75, 3.05) is 33.2 Å². The first-order chi connectivity index (χ1) is 15.5. The maximum Gasteiger partial charge on any atom is 0.253 e. The smallest absolute Gasteiger partial charge is 0.253 e. The maximum atomic E-state index is 13.5. The van der Waals surface area contributed by atoms with Crippen molar-refractivity contribution < 1.29 is 0 Å². The lowest BCUT2D eigenvalue weighted by Gasteiger charge is -2.37. The van der Waals surface area contributed by atoms with Crippen molar-refractivity contribution in [3.63, 3.8) is 0 Å². The summed E-state index contributed by atoms with van der Waals surface area (Å²) in [6, 6.07) is 6.34. The van der Waals surface area contributed by atoms with Crippen LogP contribution in [0.25, 0.3) is 10.9 Å². The van der Waals surface area contributed by atoms with Crippen LogP contribution in [0.3, 0.4) is 0 Å². The van der Waals surface area contributed by atoms with E-state index in [-0.39, 0.29) is 11.6 Å². The standard InChI is InChI=1S/C24H33N7O/c1-16-9-10-18-15-20(24(32)25-21(18)17(16)2)22(30-13-11-29(3)12-14-30)23-26-27-28-31(23)19-7-5-4-6-8-19/h9-10,15,19,22H,4-8,11-14H2,1-3H3,(H,25,32)/t22-/m0/s1. The molecule has 1 saturated heterocycles. The molecule has 3 heterocycles. The van der Waals surface area contributed by atoms with Crippen LogP contribution in [0.1, 0.15) is 66.7 Å². The Morgan fingerprint density at radius 2 is 1.81 bits per heavy atom. The summed E-state index contributed by atoms with van der Waals surface area (Å²) in [6.07, 6.45) is 5.88. The minimum atomic E-state index is -0.254. The lowest BCUT2D eigenvalue weighted by atomic mass is 9.95. The molecule has 5 rings (SSSR count). The summed E-state index contributed by atoms with van der Waals surface area (Å²) in [5.41, 5.74) is 3.90. The Morgan fingerprint density at radius 1 is 1.06 bits per heavy atom. The van der Waals surface area contributed by atoms with Crippen LogP contribution in [0.4, 0.5) is 0 Å². The van der Waals surface area contributed by atoms with Gasteiger partial charge in [-0.1, -0.05) is 31.4 Å². The summed E-state index contributed by atoms with van der Waals surface area (Å²) in [5.74, 6) is 0.801. The SMILES string of the molecule is Cc1ccc2cc([C@@H](c3nnnn3C3CCCCC3)N3CCN(C)CC3)c(=O)[nH]c2c1C. The van der Waals surface area contributed by atoms with E-state index < -0.39 is 0 Å². The molecule has 1 aliphatic carbocycles. The number of H-pyrrole nitrogens is 1. The van der Waals surface area contributed by atoms with Crippen LogP contribution in [0.2, 0.25) is 0 Å². The predicted molar refractivity (Wildman–Crippen MR) is 125 cm³/mol. The molecule has 32 heavy (non-hydrogen) atoms. The first kappa shape index (κ1) is 21.3. The molecule has 1 aromatic carbocycles. The van der Waals surface area contributed by atoms with E-state index in [0.29, 0.717) is 6.04 Å². The first-order valence-corrected chi connectivity index (χ1v) is 11.9. The second-order valence-corrected chi connectivity index (χ2v) is 9.54. The van der Waals surface area contributed by atoms with Gasteiger partial charge in [-0.2, -0.15) is 0 Å². The predicted octanol–water partition coefficient (Wildman–Crippen LogP) is 2.97. The van der Waals surface area contributed by atoms with E-state index in [1.807, 2.05) is 4.68 Å². The largest absolute Gasteiger partial charge is 0.321 e. The van der Waals surface area contributed by atoms with Gasteiger partial charge in [-0.25, -0.2) is 4.68 Å². The molecule has 1 saturated carbocycles. The Kier molecular flexibility index (Phi) is 5.82. The zero-order valence-corrected chi connectivity index (χ0v) is 19.3. The average Bonchev–Trinajstić information content (AvgIpc) is 3.29. The number of aromatic amines is 1. The van der Waals surface area contributed by atoms with Gasteiger partial charge in [-0.05, 0) is 66.7 Å². The lowest BCUT2D eigenvalue weighted by molar-refractivity contribution is 0.119. The second kappa shape index (κ2) is 8.75. The molecule has 0 spiro atoms. The van der Waals surface area contributed by atoms with Crippen molar-refractivity contribution in [3.05, 3.63) is 51.1 Å². The third-order valence-corrected chi connectivity index (χ3v) is 7.46. The number of piperazine rings is 1. The number of nitrogens with zero attached hydrogens (tertiary/aromatic N) is 6. The Hall–Kier alpha value is -2.58. The van der Waals surface area contributed by atoms with Gasteiger partial charge in [0.25, 0.3) is 5.56 Å². The van der Waals surface area contributed by atoms with Crippen LogP contribution in [0.15, 0.2) is 23.0 Å². The summed E-state index contributed by atoms with van der Waals surface area (Å²) in [5, 5.41) is 14.1. The summed E-state index contributed by atoms with van der Waals surface area (Å²) in [7, 11) is 2.15. The van der Waals surface area contributed by atoms with Gasteiger partial charge in [0, 0.05) is 31.7 Å². The number of tetrazole rings is 1. The summed E-state index contributed by atoms with van der Waals surface area (Å²) < 4.78 is 2.02. The molecule has 8 heteroatoms. The highest BCUT2D eigenvalue weighted by Gasteiger charge is 2.34. The number of benzene rings is 1. The van der Waals surface area contributed by atoms with Crippen molar-refractivity contribution in [2.45, 2.75) is 58.0 Å². The van der Waals surface area contributed by atoms with Crippen molar-refractivity contribution in [3.8, 4) is 0 Å². The molecule has 2 aliphatic rings. The van der Waals surface area contributed by atoms with Crippen LogP contribution in [-0.2, 0) is 0 Å². The van der Waals surface area contributed by atoms with Crippen molar-refractivity contribution in [2.24, 2.45) is 0 Å². The molecule has 1 atom stereocenters. The van der Waals surface area contributed by atoms with Gasteiger partial charge in [-0.15, -0.1) is 5.10 Å². The van der Waals surface area contributed by atoms with E-state index >= 15 is 0 Å². The van der Waals surface area contributed by atoms with Crippen LogP contribution < -0.4 is 5.56 Å². The molecular weight excluding hydrogens is 402 g/mol. The Labute approximate surface area is 188 Å². The van der Waals surface area contributed by atoms with E-state index in [4.69, 9.17) is 0 Å². The van der Waals surface area contributed by atoms with Crippen molar-refractivity contribution in [1.82, 2.24) is 35.0 Å². The number of pyridine rings is 1. The normalized spacial score (nSPS) is 20.1. The van der Waals surface area contributed by atoms with Gasteiger partial charge in [0.2, 0.25) is 0 Å². The van der Waals surface area contributed by atoms with E-state index in [0.717, 1.165) is 66.9 Å². The van der Waals surface area contributed by atoms with Gasteiger partial charge in [-0.3, -0.25) is 9.69 Å². The molecule has 170 valence electrons. The first-order valence-electron chi connectivity index (χ1n) is 11.9. The van der Waals surface area contributed by atoms with Crippen LogP contribution in [-0.4, -0.2) is 68.2 Å². The fourth-order valence-electron chi connectivity index (χ4n) is 5.29. The van der Waals surface area contributed by atoms with Gasteiger partial charge < -0.3 is 9.88 Å². The molecule has 0 bridgehead atoms. The number of nitrogens with one attached hydrogen (secondary N) is 1. The van der Waals surface area contributed by atoms with Gasteiger partial charge in [0.05, 0.1) is 11.6 Å². The summed E-state index contributed by atoms with van der Waals surface area (Å²) >= 11 is 0. The third-order valence-electron chi connectivity index (χ3n) is 7.46. The average molecular weight is 436 g/mol. The molecule has 0 unspecified atom stereocenters. The molecular formula is C24H33N7O. The molecule has 1 N–H and O–H groups in total. The van der Waals surface area contributed by atoms with Gasteiger partial charge in [0.1, 0.15) is 6.04 Å². The van der Waals surface area contributed by atoms with E-state index in [1.54, 1.807) is 0 Å². The minimum absolute atomic E-state index is 0.0478. The Bertz CT molecular complexity index is 1150. The quantitative estimate of drug-likeness (QED) is 0.678. The number of aryl methyl sites for hydroxylation is 2. The van der Waals surface area contributed by atoms with Gasteiger partial charge >= 0.3 is 0 Å². The zero-order valence-electron chi connectivity index (χ0n) is 19.3. The zero-order chi connectivity index (χ0) is 22.2. The third kappa shape index (κ3) is 3.86. The Morgan fingerprint density at radius 3 is 2.56 bits per heavy atom. The monoisotopic (exact) mass is 435 g/mol. The summed E-state index contributed by atoms with van der Waals surface area (Å²) in [6.45, 7) is 7.82. The number of hydrogen-bond donors (Lipinski definition) is 1. The number of likely N-dealkylation sites (N-methyl/N-ethyl adjacent to an activating group) is 1. The molecule has 1 aliphatic heterocycles. The van der Waals surface area contributed by atoms with E-state index in [9.17, 15) is 4.79 Å². The highest BCUT2D eigenvalue weighted by atomic mass is 16.1. The number of aromatic nitrogens is 5. The fraction of sp³-hybridized carbons (Fsp3) is 0.583. The molecule has 0 radical (unpaired) electrons. The van der Waals surface area contributed by atoms with Crippen LogP contribution in [0.5, 0.6) is 0 Å². The fourth-order valence-corrected chi connectivity index (χ4v) is 5.29. The van der Waals surface area contributed by atoms with E-state index in [1.165, 1.54) is 24.8 Å². The highest BCUT2D eigenvalue weighted by Crippen LogP contribution is 2.33. The number of hydrogen-bond acceptors (Lipinski definition) is 6. The molecule has 3 aromatic rings. The maximum absolute atomic E-state index is 13.5. The van der Waals surface area contributed by atoms with Crippen molar-refractivity contribution >= 4 is 10.9 Å². The molecule has 2 aromatic heterocycles. The molecule has 8 nitrogen and oxygen atoms in total. The molecule has 0 amide bonds. The highest BCUT2D eigenvalue weighted by molar-refractivity contribution is 5.83. The van der Waals surface area contributed by atoms with Crippen LogP contribution >= 0.6 is 0 Å².